The SMILES string of the molecule is CCN(CC)C(=O)CCNC(=O)C(C)c1cccc(N)c1. The Bertz CT molecular complexity index is 484. The normalized spacial score (nSPS) is 11.8. The lowest BCUT2D eigenvalue weighted by molar-refractivity contribution is -0.130. The fourth-order valence-corrected chi connectivity index (χ4v) is 2.16. The van der Waals surface area contributed by atoms with Crippen LogP contribution in [0.5, 0.6) is 0 Å². The van der Waals surface area contributed by atoms with Gasteiger partial charge < -0.3 is 16.0 Å². The van der Waals surface area contributed by atoms with Crippen LogP contribution in [0.25, 0.3) is 0 Å². The zero-order valence-corrected chi connectivity index (χ0v) is 13.1. The molecular formula is C16H25N3O2. The fraction of sp³-hybridized carbons (Fsp3) is 0.500. The minimum absolute atomic E-state index is 0.0666. The van der Waals surface area contributed by atoms with Crippen molar-refractivity contribution in [3.8, 4) is 0 Å². The Labute approximate surface area is 126 Å². The molecule has 5 nitrogen and oxygen atoms in total. The van der Waals surface area contributed by atoms with Gasteiger partial charge in [-0.1, -0.05) is 12.1 Å². The molecule has 0 aliphatic heterocycles. The average molecular weight is 291 g/mol. The molecule has 1 aromatic rings. The molecule has 2 amide bonds. The molecule has 3 N–H and O–H groups in total. The van der Waals surface area contributed by atoms with Crippen molar-refractivity contribution in [3.63, 3.8) is 0 Å². The molecule has 0 bridgehead atoms. The van der Waals surface area contributed by atoms with E-state index in [0.29, 0.717) is 31.7 Å². The summed E-state index contributed by atoms with van der Waals surface area (Å²) in [5, 5.41) is 2.81. The van der Waals surface area contributed by atoms with E-state index < -0.39 is 0 Å². The summed E-state index contributed by atoms with van der Waals surface area (Å²) < 4.78 is 0. The maximum atomic E-state index is 12.1. The number of nitrogens with zero attached hydrogens (tertiary/aromatic N) is 1. The molecule has 0 saturated carbocycles. The number of hydrogen-bond donors (Lipinski definition) is 2. The molecule has 0 aromatic heterocycles. The van der Waals surface area contributed by atoms with Crippen LogP contribution in [0.4, 0.5) is 5.69 Å². The van der Waals surface area contributed by atoms with Crippen LogP contribution in [-0.2, 0) is 9.59 Å². The summed E-state index contributed by atoms with van der Waals surface area (Å²) in [5.41, 5.74) is 7.24. The van der Waals surface area contributed by atoms with E-state index >= 15 is 0 Å². The summed E-state index contributed by atoms with van der Waals surface area (Å²) in [5.74, 6) is -0.304. The summed E-state index contributed by atoms with van der Waals surface area (Å²) in [7, 11) is 0. The van der Waals surface area contributed by atoms with Crippen molar-refractivity contribution in [2.45, 2.75) is 33.1 Å². The number of nitrogen functional groups attached to an aromatic ring is 1. The Hall–Kier alpha value is -2.04. The molecule has 0 heterocycles. The van der Waals surface area contributed by atoms with Gasteiger partial charge in [-0.05, 0) is 38.5 Å². The maximum Gasteiger partial charge on any atom is 0.227 e. The first-order chi connectivity index (χ1) is 9.99. The Morgan fingerprint density at radius 2 is 1.95 bits per heavy atom. The van der Waals surface area contributed by atoms with Crippen molar-refractivity contribution in [1.82, 2.24) is 10.2 Å². The topological polar surface area (TPSA) is 75.4 Å². The maximum absolute atomic E-state index is 12.1. The average Bonchev–Trinajstić information content (AvgIpc) is 2.47. The van der Waals surface area contributed by atoms with Crippen LogP contribution in [0, 0.1) is 0 Å². The van der Waals surface area contributed by atoms with Gasteiger partial charge in [-0.25, -0.2) is 0 Å². The Kier molecular flexibility index (Phi) is 6.72. The number of anilines is 1. The van der Waals surface area contributed by atoms with Crippen LogP contribution in [-0.4, -0.2) is 36.3 Å². The first-order valence-electron chi connectivity index (χ1n) is 7.40. The van der Waals surface area contributed by atoms with Crippen molar-refractivity contribution < 1.29 is 9.59 Å². The highest BCUT2D eigenvalue weighted by atomic mass is 16.2. The molecule has 1 rings (SSSR count). The van der Waals surface area contributed by atoms with Crippen LogP contribution < -0.4 is 11.1 Å². The highest BCUT2D eigenvalue weighted by Crippen LogP contribution is 2.17. The number of carbonyl (C=O) groups excluding carboxylic acids is 2. The van der Waals surface area contributed by atoms with Crippen LogP contribution in [0.15, 0.2) is 24.3 Å². The number of benzene rings is 1. The van der Waals surface area contributed by atoms with Crippen LogP contribution in [0.3, 0.4) is 0 Å². The smallest absolute Gasteiger partial charge is 0.227 e. The van der Waals surface area contributed by atoms with Gasteiger partial charge in [0.15, 0.2) is 0 Å². The Morgan fingerprint density at radius 1 is 1.29 bits per heavy atom. The fourth-order valence-electron chi connectivity index (χ4n) is 2.16. The Balaban J connectivity index is 2.45. The van der Waals surface area contributed by atoms with Crippen LogP contribution in [0.1, 0.15) is 38.7 Å². The largest absolute Gasteiger partial charge is 0.399 e. The van der Waals surface area contributed by atoms with Gasteiger partial charge in [0.05, 0.1) is 5.92 Å². The third-order valence-corrected chi connectivity index (χ3v) is 3.56. The molecule has 0 aliphatic carbocycles. The second-order valence-electron chi connectivity index (χ2n) is 5.00. The lowest BCUT2D eigenvalue weighted by atomic mass is 10.00. The lowest BCUT2D eigenvalue weighted by Gasteiger charge is -2.19. The lowest BCUT2D eigenvalue weighted by Crippen LogP contribution is -2.35. The van der Waals surface area contributed by atoms with Gasteiger partial charge in [-0.3, -0.25) is 9.59 Å². The van der Waals surface area contributed by atoms with Gasteiger partial charge >= 0.3 is 0 Å². The number of amides is 2. The second kappa shape index (κ2) is 8.29. The van der Waals surface area contributed by atoms with Gasteiger partial charge in [0, 0.05) is 31.7 Å². The van der Waals surface area contributed by atoms with E-state index in [2.05, 4.69) is 5.32 Å². The Morgan fingerprint density at radius 3 is 2.52 bits per heavy atom. The summed E-state index contributed by atoms with van der Waals surface area (Å²) in [6.45, 7) is 7.48. The second-order valence-corrected chi connectivity index (χ2v) is 5.00. The van der Waals surface area contributed by atoms with E-state index in [4.69, 9.17) is 5.73 Å². The minimum atomic E-state index is -0.281. The minimum Gasteiger partial charge on any atom is -0.399 e. The molecule has 0 saturated heterocycles. The van der Waals surface area contributed by atoms with Gasteiger partial charge in [-0.2, -0.15) is 0 Å². The predicted octanol–water partition coefficient (Wildman–Crippen LogP) is 1.75. The number of nitrogens with two attached hydrogens (primary N) is 1. The monoisotopic (exact) mass is 291 g/mol. The number of rotatable bonds is 7. The molecule has 0 radical (unpaired) electrons. The first kappa shape index (κ1) is 17.0. The number of carbonyl (C=O) groups is 2. The van der Waals surface area contributed by atoms with Crippen LogP contribution in [0.2, 0.25) is 0 Å². The van der Waals surface area contributed by atoms with E-state index in [0.717, 1.165) is 5.56 Å². The standard InChI is InChI=1S/C16H25N3O2/c1-4-19(5-2)15(20)9-10-18-16(21)12(3)13-7-6-8-14(17)11-13/h6-8,11-12H,4-5,9-10,17H2,1-3H3,(H,18,21). The van der Waals surface area contributed by atoms with Gasteiger partial charge in [-0.15, -0.1) is 0 Å². The first-order valence-corrected chi connectivity index (χ1v) is 7.40. The van der Waals surface area contributed by atoms with Crippen molar-refractivity contribution >= 4 is 17.5 Å². The predicted molar refractivity (Wildman–Crippen MR) is 84.8 cm³/mol. The number of hydrogen-bond acceptors (Lipinski definition) is 3. The van der Waals surface area contributed by atoms with Crippen molar-refractivity contribution in [1.29, 1.82) is 0 Å². The molecule has 116 valence electrons. The molecule has 1 aromatic carbocycles. The summed E-state index contributed by atoms with van der Waals surface area (Å²) in [6.07, 6.45) is 0.330. The molecular weight excluding hydrogens is 266 g/mol. The van der Waals surface area contributed by atoms with Crippen molar-refractivity contribution in [2.75, 3.05) is 25.4 Å². The molecule has 0 fully saturated rings. The molecule has 1 unspecified atom stereocenters. The molecule has 1 atom stereocenters. The van der Waals surface area contributed by atoms with E-state index in [-0.39, 0.29) is 17.7 Å². The van der Waals surface area contributed by atoms with E-state index in [9.17, 15) is 9.59 Å². The quantitative estimate of drug-likeness (QED) is 0.751. The van der Waals surface area contributed by atoms with E-state index in [1.165, 1.54) is 0 Å². The third-order valence-electron chi connectivity index (χ3n) is 3.56. The zero-order valence-electron chi connectivity index (χ0n) is 13.1. The summed E-state index contributed by atoms with van der Waals surface area (Å²) in [4.78, 5) is 25.7. The van der Waals surface area contributed by atoms with Gasteiger partial charge in [0.1, 0.15) is 0 Å². The zero-order chi connectivity index (χ0) is 15.8. The molecule has 5 heteroatoms. The third kappa shape index (κ3) is 5.10. The molecule has 0 spiro atoms. The van der Waals surface area contributed by atoms with Crippen LogP contribution >= 0.6 is 0 Å². The molecule has 0 aliphatic rings. The summed E-state index contributed by atoms with van der Waals surface area (Å²) in [6, 6.07) is 7.29. The van der Waals surface area contributed by atoms with Crippen molar-refractivity contribution in [2.24, 2.45) is 0 Å². The van der Waals surface area contributed by atoms with Gasteiger partial charge in [0.2, 0.25) is 11.8 Å². The number of nitrogens with one attached hydrogen (secondary N) is 1. The summed E-state index contributed by atoms with van der Waals surface area (Å²) >= 11 is 0. The highest BCUT2D eigenvalue weighted by Gasteiger charge is 2.16. The highest BCUT2D eigenvalue weighted by molar-refractivity contribution is 5.84. The van der Waals surface area contributed by atoms with Gasteiger partial charge in [0.25, 0.3) is 0 Å². The van der Waals surface area contributed by atoms with E-state index in [1.807, 2.05) is 32.9 Å². The molecule has 21 heavy (non-hydrogen) atoms. The van der Waals surface area contributed by atoms with E-state index in [1.54, 1.807) is 17.0 Å². The van der Waals surface area contributed by atoms with Crippen molar-refractivity contribution in [3.05, 3.63) is 29.8 Å².